The topological polar surface area (TPSA) is 37.3 Å². The number of hydrogen-bond donors (Lipinski definition) is 1. The fraction of sp³-hybridized carbons (Fsp3) is 0. The van der Waals surface area contributed by atoms with Crippen molar-refractivity contribution in [3.05, 3.63) is 11.6 Å². The van der Waals surface area contributed by atoms with Gasteiger partial charge in [0.15, 0.2) is 17.4 Å². The van der Waals surface area contributed by atoms with Crippen LogP contribution in [-0.2, 0) is 4.79 Å². The van der Waals surface area contributed by atoms with Gasteiger partial charge in [-0.1, -0.05) is 18.2 Å². The summed E-state index contributed by atoms with van der Waals surface area (Å²) in [5, 5.41) is 7.41. The van der Waals surface area contributed by atoms with E-state index in [1.807, 2.05) is 0 Å². The second-order valence-electron chi connectivity index (χ2n) is 0.710. The first kappa shape index (κ1) is 10.1. The molecule has 0 fully saturated rings. The Morgan fingerprint density at radius 1 is 1.71 bits per heavy atom. The van der Waals surface area contributed by atoms with Gasteiger partial charge in [-0.25, -0.2) is 4.79 Å². The molecule has 7 heavy (non-hydrogen) atoms. The van der Waals surface area contributed by atoms with Crippen LogP contribution in [0.1, 0.15) is 0 Å². The standard InChI is InChI=1S/C3H3ClO2.Al.3H/c1-2(4)3(5)6;;;;/h1H2,(H,5,6);;;;. The van der Waals surface area contributed by atoms with Crippen molar-refractivity contribution in [2.75, 3.05) is 0 Å². The normalized spacial score (nSPS) is 6.43. The zero-order valence-corrected chi connectivity index (χ0v) is 3.70. The Balaban J connectivity index is 0. The summed E-state index contributed by atoms with van der Waals surface area (Å²) < 4.78 is 0. The van der Waals surface area contributed by atoms with Gasteiger partial charge in [-0.05, 0) is 0 Å². The number of rotatable bonds is 1. The van der Waals surface area contributed by atoms with Gasteiger partial charge in [0.25, 0.3) is 0 Å². The maximum Gasteiger partial charge on any atom is 0.346 e. The molecule has 0 rings (SSSR count). The summed E-state index contributed by atoms with van der Waals surface area (Å²) in [7, 11) is 0. The van der Waals surface area contributed by atoms with E-state index in [-0.39, 0.29) is 22.4 Å². The first-order valence-electron chi connectivity index (χ1n) is 1.22. The summed E-state index contributed by atoms with van der Waals surface area (Å²) >= 11 is 4.82. The Kier molecular flexibility index (Phi) is 6.06. The number of aliphatic carboxylic acids is 1. The van der Waals surface area contributed by atoms with Crippen LogP contribution < -0.4 is 0 Å². The van der Waals surface area contributed by atoms with Gasteiger partial charge in [0.05, 0.1) is 0 Å². The maximum atomic E-state index is 9.47. The molecule has 0 aliphatic rings. The molecule has 0 saturated carbocycles. The number of halogens is 1. The molecule has 0 bridgehead atoms. The van der Waals surface area contributed by atoms with Crippen molar-refractivity contribution in [3.63, 3.8) is 0 Å². The number of carbonyl (C=O) groups is 1. The molecule has 0 spiro atoms. The van der Waals surface area contributed by atoms with Gasteiger partial charge in [-0.15, -0.1) is 0 Å². The van der Waals surface area contributed by atoms with Gasteiger partial charge < -0.3 is 5.11 Å². The number of carboxylic acid groups (broad SMARTS) is 1. The van der Waals surface area contributed by atoms with Crippen molar-refractivity contribution in [2.45, 2.75) is 0 Å². The minimum absolute atomic E-state index is 0. The Labute approximate surface area is 56.9 Å². The lowest BCUT2D eigenvalue weighted by molar-refractivity contribution is -0.131. The Hall–Kier alpha value is 0.0325. The predicted octanol–water partition coefficient (Wildman–Crippen LogP) is -0.360. The van der Waals surface area contributed by atoms with E-state index in [0.29, 0.717) is 0 Å². The zero-order valence-electron chi connectivity index (χ0n) is 2.94. The summed E-state index contributed by atoms with van der Waals surface area (Å²) in [6, 6.07) is 0. The minimum Gasteiger partial charge on any atom is -0.477 e. The highest BCUT2D eigenvalue weighted by molar-refractivity contribution is 6.40. The van der Waals surface area contributed by atoms with Gasteiger partial charge in [0, 0.05) is 0 Å². The van der Waals surface area contributed by atoms with Crippen LogP contribution in [0, 0.1) is 0 Å². The Morgan fingerprint density at radius 3 is 1.86 bits per heavy atom. The Morgan fingerprint density at radius 2 is 1.86 bits per heavy atom. The molecule has 0 aromatic heterocycles. The molecule has 0 heterocycles. The lowest BCUT2D eigenvalue weighted by atomic mass is 10.7. The largest absolute Gasteiger partial charge is 0.477 e. The average molecular weight is 137 g/mol. The van der Waals surface area contributed by atoms with Crippen LogP contribution in [-0.4, -0.2) is 28.4 Å². The summed E-state index contributed by atoms with van der Waals surface area (Å²) in [4.78, 5) is 9.47. The smallest absolute Gasteiger partial charge is 0.346 e. The molecular weight excluding hydrogens is 130 g/mol. The molecule has 0 saturated heterocycles. The monoisotopic (exact) mass is 136 g/mol. The molecule has 0 aliphatic carbocycles. The summed E-state index contributed by atoms with van der Waals surface area (Å²) in [5.41, 5.74) is 0. The van der Waals surface area contributed by atoms with Crippen LogP contribution in [0.5, 0.6) is 0 Å². The van der Waals surface area contributed by atoms with Crippen molar-refractivity contribution in [1.82, 2.24) is 0 Å². The van der Waals surface area contributed by atoms with Crippen molar-refractivity contribution in [3.8, 4) is 0 Å². The highest BCUT2D eigenvalue weighted by atomic mass is 35.5. The van der Waals surface area contributed by atoms with Crippen molar-refractivity contribution in [2.24, 2.45) is 0 Å². The van der Waals surface area contributed by atoms with E-state index >= 15 is 0 Å². The number of hydrogen-bond acceptors (Lipinski definition) is 1. The molecule has 0 aromatic carbocycles. The lowest BCUT2D eigenvalue weighted by Crippen LogP contribution is -1.89. The second-order valence-corrected chi connectivity index (χ2v) is 1.17. The summed E-state index contributed by atoms with van der Waals surface area (Å²) in [6.45, 7) is 2.92. The molecule has 2 nitrogen and oxygen atoms in total. The van der Waals surface area contributed by atoms with Crippen molar-refractivity contribution in [1.29, 1.82) is 0 Å². The molecule has 0 aliphatic heterocycles. The van der Waals surface area contributed by atoms with E-state index in [0.717, 1.165) is 0 Å². The van der Waals surface area contributed by atoms with Crippen LogP contribution in [0.2, 0.25) is 0 Å². The second kappa shape index (κ2) is 4.20. The van der Waals surface area contributed by atoms with E-state index in [9.17, 15) is 4.79 Å². The fourth-order valence-electron chi connectivity index (χ4n) is 0. The molecular formula is C3H6AlClO2. The molecule has 0 amide bonds. The quantitative estimate of drug-likeness (QED) is 0.395. The third-order valence-corrected chi connectivity index (χ3v) is 0.394. The summed E-state index contributed by atoms with van der Waals surface area (Å²) in [6.07, 6.45) is 0. The van der Waals surface area contributed by atoms with Gasteiger partial charge in [-0.3, -0.25) is 0 Å². The van der Waals surface area contributed by atoms with Crippen molar-refractivity contribution >= 4 is 34.9 Å². The molecule has 0 unspecified atom stereocenters. The molecule has 4 heteroatoms. The van der Waals surface area contributed by atoms with Gasteiger partial charge in [0.1, 0.15) is 5.03 Å². The van der Waals surface area contributed by atoms with E-state index in [1.54, 1.807) is 0 Å². The first-order chi connectivity index (χ1) is 2.64. The fourth-order valence-corrected chi connectivity index (χ4v) is 0. The third kappa shape index (κ3) is 6.03. The SMILES string of the molecule is C=C(Cl)C(=O)O.[AlH3]. The van der Waals surface area contributed by atoms with Gasteiger partial charge in [-0.2, -0.15) is 0 Å². The van der Waals surface area contributed by atoms with Crippen LogP contribution in [0.3, 0.4) is 0 Å². The van der Waals surface area contributed by atoms with E-state index in [2.05, 4.69) is 6.58 Å². The molecule has 0 aromatic rings. The van der Waals surface area contributed by atoms with Gasteiger partial charge in [0.2, 0.25) is 0 Å². The highest BCUT2D eigenvalue weighted by Gasteiger charge is 1.93. The molecule has 0 radical (unpaired) electrons. The van der Waals surface area contributed by atoms with Crippen LogP contribution >= 0.6 is 11.6 Å². The van der Waals surface area contributed by atoms with Crippen LogP contribution in [0.4, 0.5) is 0 Å². The van der Waals surface area contributed by atoms with Crippen LogP contribution in [0.15, 0.2) is 11.6 Å². The van der Waals surface area contributed by atoms with E-state index in [4.69, 9.17) is 16.7 Å². The average Bonchev–Trinajstić information content (AvgIpc) is 1.36. The third-order valence-electron chi connectivity index (χ3n) is 0.232. The van der Waals surface area contributed by atoms with E-state index < -0.39 is 5.97 Å². The zero-order chi connectivity index (χ0) is 5.15. The predicted molar refractivity (Wildman–Crippen MR) is 32.6 cm³/mol. The van der Waals surface area contributed by atoms with Gasteiger partial charge >= 0.3 is 5.97 Å². The summed E-state index contributed by atoms with van der Waals surface area (Å²) in [5.74, 6) is -1.17. The van der Waals surface area contributed by atoms with Crippen molar-refractivity contribution < 1.29 is 9.90 Å². The first-order valence-corrected chi connectivity index (χ1v) is 1.60. The minimum atomic E-state index is -1.17. The van der Waals surface area contributed by atoms with E-state index in [1.165, 1.54) is 0 Å². The highest BCUT2D eigenvalue weighted by Crippen LogP contribution is 1.92. The van der Waals surface area contributed by atoms with Crippen LogP contribution in [0.25, 0.3) is 0 Å². The molecule has 1 N–H and O–H groups in total. The number of carboxylic acids is 1. The Bertz CT molecular complexity index is 78.9. The molecule has 40 valence electrons. The maximum absolute atomic E-state index is 9.47. The lowest BCUT2D eigenvalue weighted by Gasteiger charge is -1.76. The molecule has 0 atom stereocenters.